The molecular formula is C26H33-. The number of hydrogen-bond acceptors (Lipinski definition) is 0. The third-order valence-corrected chi connectivity index (χ3v) is 5.42. The second-order valence-electron chi connectivity index (χ2n) is 10.1. The molecule has 1 aromatic carbocycles. The van der Waals surface area contributed by atoms with Crippen LogP contribution in [0.4, 0.5) is 0 Å². The van der Waals surface area contributed by atoms with Crippen molar-refractivity contribution >= 4 is 0 Å². The monoisotopic (exact) mass is 345 g/mol. The zero-order chi connectivity index (χ0) is 19.3. The summed E-state index contributed by atoms with van der Waals surface area (Å²) < 4.78 is 0. The number of fused-ring (bicyclic) bond motifs is 1. The average molecular weight is 346 g/mol. The van der Waals surface area contributed by atoms with E-state index in [9.17, 15) is 0 Å². The van der Waals surface area contributed by atoms with Crippen molar-refractivity contribution in [1.29, 1.82) is 0 Å². The normalized spacial score (nSPS) is 13.0. The fraction of sp³-hybridized carbons (Fsp3) is 0.423. The van der Waals surface area contributed by atoms with Crippen LogP contribution in [0.1, 0.15) is 78.0 Å². The van der Waals surface area contributed by atoms with E-state index in [1.54, 1.807) is 0 Å². The number of benzene rings is 2. The Morgan fingerprint density at radius 3 is 1.81 bits per heavy atom. The Balaban J connectivity index is 2.25. The minimum absolute atomic E-state index is 0.138. The summed E-state index contributed by atoms with van der Waals surface area (Å²) in [5.74, 6) is 0.557. The molecule has 0 heteroatoms. The minimum atomic E-state index is 0.138. The van der Waals surface area contributed by atoms with Crippen LogP contribution in [0.15, 0.2) is 48.5 Å². The highest BCUT2D eigenvalue weighted by atomic mass is 14.3. The van der Waals surface area contributed by atoms with E-state index < -0.39 is 0 Å². The van der Waals surface area contributed by atoms with Gasteiger partial charge >= 0.3 is 0 Å². The first-order valence-corrected chi connectivity index (χ1v) is 9.82. The van der Waals surface area contributed by atoms with Gasteiger partial charge < -0.3 is 0 Å². The van der Waals surface area contributed by atoms with Crippen molar-refractivity contribution in [3.8, 4) is 22.3 Å². The zero-order valence-electron chi connectivity index (χ0n) is 17.7. The SMILES string of the molecule is CC(C)c1cc2cc[cH-]c(-c3cc(C(C)(C)C)cc(C(C)(C)C)c3)c-2c1. The first kappa shape index (κ1) is 18.8. The van der Waals surface area contributed by atoms with E-state index in [1.165, 1.54) is 38.9 Å². The van der Waals surface area contributed by atoms with Gasteiger partial charge in [0, 0.05) is 0 Å². The molecule has 0 N–H and O–H groups in total. The van der Waals surface area contributed by atoms with Gasteiger partial charge in [0.2, 0.25) is 0 Å². The maximum atomic E-state index is 2.40. The second-order valence-corrected chi connectivity index (χ2v) is 10.1. The van der Waals surface area contributed by atoms with E-state index >= 15 is 0 Å². The standard InChI is InChI=1S/C26H33/c1-17(2)19-12-18-10-9-11-23(24(18)15-19)20-13-21(25(3,4)5)16-22(14-20)26(6,7)8/h9-17H,1-8H3/q-1. The van der Waals surface area contributed by atoms with Crippen LogP contribution >= 0.6 is 0 Å². The lowest BCUT2D eigenvalue weighted by Crippen LogP contribution is -2.16. The highest BCUT2D eigenvalue weighted by Gasteiger charge is 2.20. The topological polar surface area (TPSA) is 0 Å². The summed E-state index contributed by atoms with van der Waals surface area (Å²) in [6, 6.07) is 18.6. The molecule has 0 nitrogen and oxygen atoms in total. The fourth-order valence-corrected chi connectivity index (χ4v) is 3.49. The summed E-state index contributed by atoms with van der Waals surface area (Å²) in [6.45, 7) is 18.4. The molecule has 0 amide bonds. The molecule has 0 aliphatic heterocycles. The third kappa shape index (κ3) is 3.61. The quantitative estimate of drug-likeness (QED) is 0.414. The van der Waals surface area contributed by atoms with E-state index in [-0.39, 0.29) is 10.8 Å². The van der Waals surface area contributed by atoms with Crippen LogP contribution in [0.2, 0.25) is 0 Å². The van der Waals surface area contributed by atoms with Gasteiger partial charge in [-0.15, -0.1) is 34.9 Å². The summed E-state index contributed by atoms with van der Waals surface area (Å²) in [7, 11) is 0. The molecule has 1 aromatic rings. The molecule has 0 fully saturated rings. The Morgan fingerprint density at radius 1 is 0.731 bits per heavy atom. The van der Waals surface area contributed by atoms with Crippen molar-refractivity contribution in [1.82, 2.24) is 0 Å². The molecule has 3 rings (SSSR count). The van der Waals surface area contributed by atoms with Crippen LogP contribution in [0, 0.1) is 0 Å². The van der Waals surface area contributed by atoms with Gasteiger partial charge in [0.15, 0.2) is 0 Å². The number of hydrogen-bond donors (Lipinski definition) is 0. The molecule has 0 atom stereocenters. The van der Waals surface area contributed by atoms with E-state index in [2.05, 4.69) is 104 Å². The van der Waals surface area contributed by atoms with Gasteiger partial charge in [-0.05, 0) is 16.7 Å². The molecule has 26 heavy (non-hydrogen) atoms. The predicted molar refractivity (Wildman–Crippen MR) is 116 cm³/mol. The third-order valence-electron chi connectivity index (χ3n) is 5.42. The van der Waals surface area contributed by atoms with E-state index in [1.807, 2.05) is 0 Å². The molecule has 0 unspecified atom stereocenters. The van der Waals surface area contributed by atoms with Gasteiger partial charge in [0.05, 0.1) is 0 Å². The lowest BCUT2D eigenvalue weighted by molar-refractivity contribution is 0.569. The van der Waals surface area contributed by atoms with Crippen LogP contribution in [0.25, 0.3) is 22.3 Å². The number of rotatable bonds is 2. The smallest absolute Gasteiger partial charge is 0.0139 e. The van der Waals surface area contributed by atoms with Gasteiger partial charge in [-0.3, -0.25) is 0 Å². The average Bonchev–Trinajstić information content (AvgIpc) is 2.97. The maximum absolute atomic E-state index is 2.40. The Kier molecular flexibility index (Phi) is 4.59. The molecule has 2 aliphatic carbocycles. The minimum Gasteiger partial charge on any atom is -0.145 e. The van der Waals surface area contributed by atoms with Crippen molar-refractivity contribution in [2.24, 2.45) is 0 Å². The summed E-state index contributed by atoms with van der Waals surface area (Å²) in [6.07, 6.45) is 0. The van der Waals surface area contributed by atoms with Crippen molar-refractivity contribution < 1.29 is 0 Å². The Morgan fingerprint density at radius 2 is 1.31 bits per heavy atom. The molecule has 0 saturated heterocycles. The highest BCUT2D eigenvalue weighted by molar-refractivity contribution is 5.87. The van der Waals surface area contributed by atoms with Gasteiger partial charge in [0.1, 0.15) is 0 Å². The molecule has 0 saturated carbocycles. The lowest BCUT2D eigenvalue weighted by Gasteiger charge is -2.28. The van der Waals surface area contributed by atoms with Crippen molar-refractivity contribution in [3.05, 3.63) is 65.2 Å². The second kappa shape index (κ2) is 6.34. The summed E-state index contributed by atoms with van der Waals surface area (Å²) in [5, 5.41) is 0. The van der Waals surface area contributed by atoms with Gasteiger partial charge in [-0.1, -0.05) is 108 Å². The molecule has 138 valence electrons. The molecule has 0 aromatic heterocycles. The van der Waals surface area contributed by atoms with Crippen molar-refractivity contribution in [2.75, 3.05) is 0 Å². The van der Waals surface area contributed by atoms with Gasteiger partial charge in [0.25, 0.3) is 0 Å². The molecule has 0 radical (unpaired) electrons. The Bertz CT molecular complexity index is 843. The van der Waals surface area contributed by atoms with E-state index in [0.29, 0.717) is 5.92 Å². The maximum Gasteiger partial charge on any atom is -0.0139 e. The molecule has 0 heterocycles. The first-order chi connectivity index (χ1) is 12.0. The van der Waals surface area contributed by atoms with Crippen molar-refractivity contribution in [2.45, 2.75) is 72.1 Å². The predicted octanol–water partition coefficient (Wildman–Crippen LogP) is 7.90. The summed E-state index contributed by atoms with van der Waals surface area (Å²) in [4.78, 5) is 0. The zero-order valence-corrected chi connectivity index (χ0v) is 17.7. The lowest BCUT2D eigenvalue weighted by atomic mass is 9.78. The van der Waals surface area contributed by atoms with Crippen LogP contribution in [-0.2, 0) is 10.8 Å². The van der Waals surface area contributed by atoms with E-state index in [0.717, 1.165) is 0 Å². The van der Waals surface area contributed by atoms with Gasteiger partial charge in [-0.25, -0.2) is 0 Å². The van der Waals surface area contributed by atoms with Crippen molar-refractivity contribution in [3.63, 3.8) is 0 Å². The van der Waals surface area contributed by atoms with Gasteiger partial charge in [-0.2, -0.15) is 0 Å². The molecule has 2 aliphatic rings. The Hall–Kier alpha value is -1.95. The van der Waals surface area contributed by atoms with E-state index in [4.69, 9.17) is 0 Å². The first-order valence-electron chi connectivity index (χ1n) is 9.82. The summed E-state index contributed by atoms with van der Waals surface area (Å²) >= 11 is 0. The molecular weight excluding hydrogens is 312 g/mol. The van der Waals surface area contributed by atoms with Crippen LogP contribution in [0.3, 0.4) is 0 Å². The van der Waals surface area contributed by atoms with Crippen LogP contribution in [-0.4, -0.2) is 0 Å². The summed E-state index contributed by atoms with van der Waals surface area (Å²) in [5.41, 5.74) is 9.94. The molecule has 0 spiro atoms. The van der Waals surface area contributed by atoms with Crippen LogP contribution in [0.5, 0.6) is 0 Å². The Labute approximate surface area is 160 Å². The largest absolute Gasteiger partial charge is 0.145 e. The highest BCUT2D eigenvalue weighted by Crippen LogP contribution is 2.40. The molecule has 0 bridgehead atoms. The fourth-order valence-electron chi connectivity index (χ4n) is 3.49. The van der Waals surface area contributed by atoms with Crippen LogP contribution < -0.4 is 0 Å².